The number of hydrogen-bond acceptors (Lipinski definition) is 6. The third-order valence-electron chi connectivity index (χ3n) is 2.84. The molecule has 2 N–H and O–H groups in total. The monoisotopic (exact) mass is 315 g/mol. The number of aromatic amines is 1. The first kappa shape index (κ1) is 14.2. The molecule has 0 aliphatic rings. The lowest BCUT2D eigenvalue weighted by Gasteiger charge is -2.06. The van der Waals surface area contributed by atoms with Gasteiger partial charge in [-0.05, 0) is 23.8 Å². The number of anilines is 1. The van der Waals surface area contributed by atoms with Gasteiger partial charge in [0.1, 0.15) is 17.2 Å². The van der Waals surface area contributed by atoms with E-state index in [1.54, 1.807) is 0 Å². The second-order valence-corrected chi connectivity index (χ2v) is 5.77. The van der Waals surface area contributed by atoms with Crippen molar-refractivity contribution in [2.45, 2.75) is 13.5 Å². The molecule has 0 saturated carbocycles. The fourth-order valence-electron chi connectivity index (χ4n) is 1.86. The second kappa shape index (κ2) is 6.35. The predicted octanol–water partition coefficient (Wildman–Crippen LogP) is 2.40. The first-order valence-electron chi connectivity index (χ1n) is 6.54. The van der Waals surface area contributed by atoms with E-state index in [2.05, 4.69) is 25.9 Å². The van der Waals surface area contributed by atoms with Crippen LogP contribution in [-0.4, -0.2) is 26.5 Å². The largest absolute Gasteiger partial charge is 0.487 e. The Morgan fingerprint density at radius 1 is 1.36 bits per heavy atom. The Kier molecular flexibility index (Phi) is 4.10. The van der Waals surface area contributed by atoms with Crippen LogP contribution >= 0.6 is 11.3 Å². The zero-order valence-corrected chi connectivity index (χ0v) is 12.6. The molecule has 3 rings (SSSR count). The summed E-state index contributed by atoms with van der Waals surface area (Å²) in [5.41, 5.74) is 1.04. The molecule has 112 valence electrons. The lowest BCUT2D eigenvalue weighted by molar-refractivity contribution is 0.102. The summed E-state index contributed by atoms with van der Waals surface area (Å²) in [4.78, 5) is 13.7. The third-order valence-corrected chi connectivity index (χ3v) is 3.87. The molecular weight excluding hydrogens is 302 g/mol. The van der Waals surface area contributed by atoms with Crippen molar-refractivity contribution >= 4 is 23.2 Å². The van der Waals surface area contributed by atoms with Crippen molar-refractivity contribution in [3.63, 3.8) is 0 Å². The molecule has 0 saturated heterocycles. The number of H-pyrrole nitrogens is 1. The molecule has 0 aliphatic heterocycles. The number of nitrogens with zero attached hydrogens (tertiary/aromatic N) is 3. The molecule has 1 amide bonds. The van der Waals surface area contributed by atoms with E-state index in [0.29, 0.717) is 17.2 Å². The van der Waals surface area contributed by atoms with Gasteiger partial charge in [-0.1, -0.05) is 35.4 Å². The smallest absolute Gasteiger partial charge is 0.272 e. The van der Waals surface area contributed by atoms with E-state index in [4.69, 9.17) is 4.74 Å². The van der Waals surface area contributed by atoms with Crippen molar-refractivity contribution in [1.29, 1.82) is 0 Å². The Morgan fingerprint density at radius 2 is 2.18 bits per heavy atom. The molecule has 0 atom stereocenters. The van der Waals surface area contributed by atoms with Gasteiger partial charge in [-0.2, -0.15) is 5.21 Å². The van der Waals surface area contributed by atoms with E-state index in [9.17, 15) is 4.79 Å². The van der Waals surface area contributed by atoms with Crippen molar-refractivity contribution < 1.29 is 9.53 Å². The molecule has 1 aromatic carbocycles. The van der Waals surface area contributed by atoms with E-state index in [0.717, 1.165) is 10.4 Å². The van der Waals surface area contributed by atoms with Gasteiger partial charge in [-0.15, -0.1) is 16.4 Å². The van der Waals surface area contributed by atoms with Crippen LogP contribution in [-0.2, 0) is 6.61 Å². The molecule has 0 unspecified atom stereocenters. The van der Waals surface area contributed by atoms with Gasteiger partial charge in [0.15, 0.2) is 0 Å². The SMILES string of the molecule is Cc1cc(OCc2ccccc2)c(C(=O)Nc2nn[nH]n2)s1. The van der Waals surface area contributed by atoms with Crippen molar-refractivity contribution in [2.75, 3.05) is 5.32 Å². The molecule has 0 fully saturated rings. The average molecular weight is 315 g/mol. The minimum atomic E-state index is -0.317. The minimum Gasteiger partial charge on any atom is -0.487 e. The molecule has 22 heavy (non-hydrogen) atoms. The van der Waals surface area contributed by atoms with E-state index in [-0.39, 0.29) is 11.9 Å². The Morgan fingerprint density at radius 3 is 2.91 bits per heavy atom. The Labute approximate surface area is 130 Å². The Hall–Kier alpha value is -2.74. The van der Waals surface area contributed by atoms with Crippen LogP contribution in [0.1, 0.15) is 20.1 Å². The van der Waals surface area contributed by atoms with E-state index >= 15 is 0 Å². The fourth-order valence-corrected chi connectivity index (χ4v) is 2.71. The maximum Gasteiger partial charge on any atom is 0.272 e. The number of benzene rings is 1. The number of carbonyl (C=O) groups is 1. The quantitative estimate of drug-likeness (QED) is 0.754. The van der Waals surface area contributed by atoms with Crippen LogP contribution in [0.4, 0.5) is 5.95 Å². The van der Waals surface area contributed by atoms with Crippen LogP contribution in [0.25, 0.3) is 0 Å². The van der Waals surface area contributed by atoms with Crippen LogP contribution in [0.5, 0.6) is 5.75 Å². The van der Waals surface area contributed by atoms with Gasteiger partial charge in [0.05, 0.1) is 0 Å². The summed E-state index contributed by atoms with van der Waals surface area (Å²) in [6.07, 6.45) is 0. The van der Waals surface area contributed by atoms with E-state index < -0.39 is 0 Å². The van der Waals surface area contributed by atoms with Crippen molar-refractivity contribution in [3.8, 4) is 5.75 Å². The van der Waals surface area contributed by atoms with E-state index in [1.165, 1.54) is 11.3 Å². The molecule has 0 spiro atoms. The van der Waals surface area contributed by atoms with Gasteiger partial charge < -0.3 is 4.74 Å². The molecule has 3 aromatic rings. The fraction of sp³-hybridized carbons (Fsp3) is 0.143. The summed E-state index contributed by atoms with van der Waals surface area (Å²) >= 11 is 1.36. The summed E-state index contributed by atoms with van der Waals surface area (Å²) in [6, 6.07) is 11.6. The second-order valence-electron chi connectivity index (χ2n) is 4.51. The highest BCUT2D eigenvalue weighted by molar-refractivity contribution is 7.14. The number of carbonyl (C=O) groups excluding carboxylic acids is 1. The number of aryl methyl sites for hydroxylation is 1. The van der Waals surface area contributed by atoms with Gasteiger partial charge in [-0.25, -0.2) is 0 Å². The highest BCUT2D eigenvalue weighted by atomic mass is 32.1. The minimum absolute atomic E-state index is 0.130. The lowest BCUT2D eigenvalue weighted by Crippen LogP contribution is -2.12. The van der Waals surface area contributed by atoms with Gasteiger partial charge in [-0.3, -0.25) is 10.1 Å². The number of hydrogen-bond donors (Lipinski definition) is 2. The maximum absolute atomic E-state index is 12.3. The van der Waals surface area contributed by atoms with Crippen LogP contribution in [0.3, 0.4) is 0 Å². The summed E-state index contributed by atoms with van der Waals surface area (Å²) in [7, 11) is 0. The molecule has 0 aliphatic carbocycles. The average Bonchev–Trinajstić information content (AvgIpc) is 3.15. The third kappa shape index (κ3) is 3.29. The van der Waals surface area contributed by atoms with Gasteiger partial charge in [0, 0.05) is 4.88 Å². The van der Waals surface area contributed by atoms with Crippen LogP contribution < -0.4 is 10.1 Å². The number of aromatic nitrogens is 4. The first-order chi connectivity index (χ1) is 10.7. The summed E-state index contributed by atoms with van der Waals surface area (Å²) in [5.74, 6) is 0.361. The van der Waals surface area contributed by atoms with Crippen molar-refractivity contribution in [3.05, 3.63) is 51.7 Å². The maximum atomic E-state index is 12.3. The summed E-state index contributed by atoms with van der Waals surface area (Å²) in [6.45, 7) is 2.32. The summed E-state index contributed by atoms with van der Waals surface area (Å²) in [5, 5.41) is 15.6. The zero-order valence-electron chi connectivity index (χ0n) is 11.7. The van der Waals surface area contributed by atoms with Crippen LogP contribution in [0, 0.1) is 6.92 Å². The van der Waals surface area contributed by atoms with Gasteiger partial charge in [0.25, 0.3) is 11.9 Å². The summed E-state index contributed by atoms with van der Waals surface area (Å²) < 4.78 is 5.77. The topological polar surface area (TPSA) is 92.8 Å². The molecule has 7 nitrogen and oxygen atoms in total. The van der Waals surface area contributed by atoms with Crippen molar-refractivity contribution in [2.24, 2.45) is 0 Å². The molecule has 0 bridgehead atoms. The Balaban J connectivity index is 1.73. The van der Waals surface area contributed by atoms with Gasteiger partial charge in [0.2, 0.25) is 0 Å². The first-order valence-corrected chi connectivity index (χ1v) is 7.36. The highest BCUT2D eigenvalue weighted by Crippen LogP contribution is 2.30. The molecule has 8 heteroatoms. The van der Waals surface area contributed by atoms with Gasteiger partial charge >= 0.3 is 0 Å². The number of amides is 1. The standard InChI is InChI=1S/C14H13N5O2S/c1-9-7-11(21-8-10-5-3-2-4-6-10)12(22-9)13(20)15-14-16-18-19-17-14/h2-7H,8H2,1H3,(H2,15,16,17,18,19,20). The normalized spacial score (nSPS) is 10.4. The van der Waals surface area contributed by atoms with Crippen LogP contribution in [0.2, 0.25) is 0 Å². The molecule has 2 heterocycles. The molecular formula is C14H13N5O2S. The number of thiophene rings is 1. The highest BCUT2D eigenvalue weighted by Gasteiger charge is 2.18. The lowest BCUT2D eigenvalue weighted by atomic mass is 10.2. The van der Waals surface area contributed by atoms with Crippen molar-refractivity contribution in [1.82, 2.24) is 20.6 Å². The van der Waals surface area contributed by atoms with E-state index in [1.807, 2.05) is 43.3 Å². The number of rotatable bonds is 5. The predicted molar refractivity (Wildman–Crippen MR) is 82.0 cm³/mol. The number of tetrazole rings is 1. The Bertz CT molecular complexity index is 755. The number of nitrogens with one attached hydrogen (secondary N) is 2. The molecule has 0 radical (unpaired) electrons. The zero-order chi connectivity index (χ0) is 15.4. The number of ether oxygens (including phenoxy) is 1. The molecule has 2 aromatic heterocycles. The van der Waals surface area contributed by atoms with Crippen LogP contribution in [0.15, 0.2) is 36.4 Å².